The van der Waals surface area contributed by atoms with E-state index in [4.69, 9.17) is 11.6 Å². The van der Waals surface area contributed by atoms with E-state index in [1.54, 1.807) is 6.20 Å². The van der Waals surface area contributed by atoms with Gasteiger partial charge in [-0.3, -0.25) is 4.98 Å². The fourth-order valence-electron chi connectivity index (χ4n) is 2.33. The van der Waals surface area contributed by atoms with Crippen molar-refractivity contribution in [2.75, 3.05) is 6.54 Å². The van der Waals surface area contributed by atoms with E-state index in [0.29, 0.717) is 0 Å². The molecular weight excluding hydrogens is 268 g/mol. The van der Waals surface area contributed by atoms with Gasteiger partial charge < -0.3 is 5.32 Å². The van der Waals surface area contributed by atoms with E-state index in [9.17, 15) is 0 Å². The Hall–Kier alpha value is -1.38. The zero-order chi connectivity index (χ0) is 14.5. The summed E-state index contributed by atoms with van der Waals surface area (Å²) in [6.45, 7) is 7.28. The van der Waals surface area contributed by atoms with Crippen LogP contribution in [0.1, 0.15) is 35.3 Å². The smallest absolute Gasteiger partial charge is 0.0762 e. The lowest BCUT2D eigenvalue weighted by Gasteiger charge is -2.19. The van der Waals surface area contributed by atoms with Gasteiger partial charge in [-0.1, -0.05) is 36.7 Å². The molecule has 3 heteroatoms. The van der Waals surface area contributed by atoms with Gasteiger partial charge in [-0.25, -0.2) is 0 Å². The maximum atomic E-state index is 6.27. The molecular formula is C17H21ClN2. The van der Waals surface area contributed by atoms with Gasteiger partial charge >= 0.3 is 0 Å². The van der Waals surface area contributed by atoms with Crippen molar-refractivity contribution in [3.05, 3.63) is 63.9 Å². The number of aryl methyl sites for hydroxylation is 2. The average molecular weight is 289 g/mol. The Kier molecular flexibility index (Phi) is 5.16. The molecule has 0 saturated carbocycles. The number of hydrogen-bond acceptors (Lipinski definition) is 2. The monoisotopic (exact) mass is 288 g/mol. The van der Waals surface area contributed by atoms with Gasteiger partial charge in [0.25, 0.3) is 0 Å². The van der Waals surface area contributed by atoms with E-state index in [-0.39, 0.29) is 6.04 Å². The van der Waals surface area contributed by atoms with Crippen LogP contribution in [0.15, 0.2) is 36.5 Å². The van der Waals surface area contributed by atoms with Gasteiger partial charge in [0, 0.05) is 6.20 Å². The number of nitrogens with one attached hydrogen (secondary N) is 1. The summed E-state index contributed by atoms with van der Waals surface area (Å²) in [4.78, 5) is 4.44. The summed E-state index contributed by atoms with van der Waals surface area (Å²) in [5.74, 6) is 0. The number of likely N-dealkylation sites (N-methyl/N-ethyl adjacent to an activating group) is 1. The molecule has 0 saturated heterocycles. The van der Waals surface area contributed by atoms with E-state index >= 15 is 0 Å². The number of halogens is 1. The van der Waals surface area contributed by atoms with Gasteiger partial charge in [-0.05, 0) is 55.6 Å². The molecule has 1 unspecified atom stereocenters. The minimum Gasteiger partial charge on any atom is -0.309 e. The maximum absolute atomic E-state index is 6.27. The van der Waals surface area contributed by atoms with Crippen molar-refractivity contribution in [1.82, 2.24) is 10.3 Å². The van der Waals surface area contributed by atoms with Crippen LogP contribution in [-0.2, 0) is 6.42 Å². The number of benzene rings is 1. The van der Waals surface area contributed by atoms with Crippen LogP contribution in [0.25, 0.3) is 0 Å². The van der Waals surface area contributed by atoms with Crippen LogP contribution in [0, 0.1) is 13.8 Å². The second-order valence-corrected chi connectivity index (χ2v) is 5.51. The van der Waals surface area contributed by atoms with E-state index in [2.05, 4.69) is 49.3 Å². The highest BCUT2D eigenvalue weighted by Gasteiger charge is 2.15. The van der Waals surface area contributed by atoms with Crippen molar-refractivity contribution in [2.24, 2.45) is 0 Å². The summed E-state index contributed by atoms with van der Waals surface area (Å²) in [5, 5.41) is 4.20. The van der Waals surface area contributed by atoms with Crippen molar-refractivity contribution >= 4 is 11.6 Å². The Bertz CT molecular complexity index is 581. The van der Waals surface area contributed by atoms with E-state index in [1.807, 2.05) is 12.1 Å². The Balaban J connectivity index is 2.25. The van der Waals surface area contributed by atoms with Crippen LogP contribution in [0.3, 0.4) is 0 Å². The second-order valence-electron chi connectivity index (χ2n) is 5.10. The fraction of sp³-hybridized carbons (Fsp3) is 0.353. The average Bonchev–Trinajstić information content (AvgIpc) is 2.43. The summed E-state index contributed by atoms with van der Waals surface area (Å²) in [6, 6.07) is 10.5. The van der Waals surface area contributed by atoms with Crippen LogP contribution in [0.5, 0.6) is 0 Å². The van der Waals surface area contributed by atoms with Crippen LogP contribution in [-0.4, -0.2) is 11.5 Å². The Morgan fingerprint density at radius 3 is 2.65 bits per heavy atom. The van der Waals surface area contributed by atoms with Crippen molar-refractivity contribution in [3.8, 4) is 0 Å². The second kappa shape index (κ2) is 6.87. The summed E-state index contributed by atoms with van der Waals surface area (Å²) in [7, 11) is 0. The molecule has 1 aromatic carbocycles. The Morgan fingerprint density at radius 1 is 1.20 bits per heavy atom. The molecule has 2 nitrogen and oxygen atoms in total. The Labute approximate surface area is 126 Å². The number of nitrogens with zero attached hydrogens (tertiary/aromatic N) is 1. The summed E-state index contributed by atoms with van der Waals surface area (Å²) >= 11 is 6.27. The highest BCUT2D eigenvalue weighted by Crippen LogP contribution is 2.24. The predicted molar refractivity (Wildman–Crippen MR) is 85.3 cm³/mol. The molecule has 106 valence electrons. The first-order valence-electron chi connectivity index (χ1n) is 7.01. The highest BCUT2D eigenvalue weighted by molar-refractivity contribution is 6.31. The van der Waals surface area contributed by atoms with Crippen LogP contribution in [0.4, 0.5) is 0 Å². The quantitative estimate of drug-likeness (QED) is 0.890. The van der Waals surface area contributed by atoms with Crippen molar-refractivity contribution in [1.29, 1.82) is 0 Å². The third-order valence-electron chi connectivity index (χ3n) is 3.58. The highest BCUT2D eigenvalue weighted by atomic mass is 35.5. The lowest BCUT2D eigenvalue weighted by Crippen LogP contribution is -2.24. The summed E-state index contributed by atoms with van der Waals surface area (Å²) in [5.41, 5.74) is 4.88. The first-order valence-corrected chi connectivity index (χ1v) is 7.39. The molecule has 0 bridgehead atoms. The van der Waals surface area contributed by atoms with E-state index < -0.39 is 0 Å². The molecule has 0 aliphatic carbocycles. The Morgan fingerprint density at radius 2 is 2.00 bits per heavy atom. The lowest BCUT2D eigenvalue weighted by molar-refractivity contribution is 0.537. The predicted octanol–water partition coefficient (Wildman–Crippen LogP) is 4.25. The number of pyridine rings is 1. The maximum Gasteiger partial charge on any atom is 0.0762 e. The number of rotatable bonds is 5. The van der Waals surface area contributed by atoms with Crippen molar-refractivity contribution in [3.63, 3.8) is 0 Å². The number of aromatic nitrogens is 1. The molecule has 0 spiro atoms. The fourth-order valence-corrected chi connectivity index (χ4v) is 2.59. The third kappa shape index (κ3) is 3.59. The van der Waals surface area contributed by atoms with E-state index in [0.717, 1.165) is 23.7 Å². The van der Waals surface area contributed by atoms with Gasteiger partial charge in [-0.2, -0.15) is 0 Å². The van der Waals surface area contributed by atoms with Crippen LogP contribution in [0.2, 0.25) is 5.02 Å². The minimum atomic E-state index is 0.149. The summed E-state index contributed by atoms with van der Waals surface area (Å²) in [6.07, 6.45) is 2.69. The molecule has 0 radical (unpaired) electrons. The molecule has 0 fully saturated rings. The van der Waals surface area contributed by atoms with Crippen LogP contribution >= 0.6 is 11.6 Å². The zero-order valence-electron chi connectivity index (χ0n) is 12.3. The van der Waals surface area contributed by atoms with E-state index in [1.165, 1.54) is 16.7 Å². The minimum absolute atomic E-state index is 0.149. The number of hydrogen-bond donors (Lipinski definition) is 1. The van der Waals surface area contributed by atoms with Gasteiger partial charge in [0.15, 0.2) is 0 Å². The molecule has 1 atom stereocenters. The van der Waals surface area contributed by atoms with Gasteiger partial charge in [0.1, 0.15) is 0 Å². The molecule has 0 amide bonds. The molecule has 20 heavy (non-hydrogen) atoms. The first-order chi connectivity index (χ1) is 9.61. The first kappa shape index (κ1) is 15.0. The third-order valence-corrected chi connectivity index (χ3v) is 3.90. The molecule has 2 rings (SSSR count). The molecule has 2 aromatic rings. The molecule has 1 aromatic heterocycles. The molecule has 0 aliphatic rings. The standard InChI is InChI=1S/C17H21ClN2/c1-4-19-16(17-15(18)6-5-9-20-17)11-14-8-7-12(2)13(3)10-14/h5-10,16,19H,4,11H2,1-3H3. The van der Waals surface area contributed by atoms with Gasteiger partial charge in [-0.15, -0.1) is 0 Å². The molecule has 0 aliphatic heterocycles. The largest absolute Gasteiger partial charge is 0.309 e. The van der Waals surface area contributed by atoms with Gasteiger partial charge in [0.05, 0.1) is 16.8 Å². The molecule has 1 heterocycles. The lowest BCUT2D eigenvalue weighted by atomic mass is 9.99. The van der Waals surface area contributed by atoms with Gasteiger partial charge in [0.2, 0.25) is 0 Å². The van der Waals surface area contributed by atoms with Crippen molar-refractivity contribution in [2.45, 2.75) is 33.2 Å². The molecule has 1 N–H and O–H groups in total. The SMILES string of the molecule is CCNC(Cc1ccc(C)c(C)c1)c1ncccc1Cl. The van der Waals surface area contributed by atoms with Crippen molar-refractivity contribution < 1.29 is 0 Å². The zero-order valence-corrected chi connectivity index (χ0v) is 13.0. The normalized spacial score (nSPS) is 12.4. The van der Waals surface area contributed by atoms with Crippen LogP contribution < -0.4 is 5.32 Å². The summed E-state index contributed by atoms with van der Waals surface area (Å²) < 4.78 is 0. The topological polar surface area (TPSA) is 24.9 Å².